The van der Waals surface area contributed by atoms with E-state index in [0.29, 0.717) is 32.1 Å². The van der Waals surface area contributed by atoms with Crippen molar-refractivity contribution in [2.45, 2.75) is 31.4 Å². The van der Waals surface area contributed by atoms with Gasteiger partial charge >= 0.3 is 6.03 Å². The number of likely N-dealkylation sites (tertiary alicyclic amines) is 2. The van der Waals surface area contributed by atoms with E-state index < -0.39 is 0 Å². The molecule has 31 heavy (non-hydrogen) atoms. The summed E-state index contributed by atoms with van der Waals surface area (Å²) in [5.74, 6) is 1.74. The second-order valence-electron chi connectivity index (χ2n) is 8.45. The van der Waals surface area contributed by atoms with E-state index in [9.17, 15) is 9.59 Å². The molecule has 4 heterocycles. The van der Waals surface area contributed by atoms with E-state index in [2.05, 4.69) is 22.4 Å². The number of amides is 3. The number of morpholine rings is 1. The molecule has 3 fully saturated rings. The van der Waals surface area contributed by atoms with Crippen LogP contribution in [0.25, 0.3) is 0 Å². The zero-order chi connectivity index (χ0) is 21.4. The summed E-state index contributed by atoms with van der Waals surface area (Å²) in [6.07, 6.45) is 4.23. The molecule has 3 saturated heterocycles. The van der Waals surface area contributed by atoms with Crippen LogP contribution in [0.4, 0.5) is 4.79 Å². The molecule has 0 spiro atoms. The first-order valence-electron chi connectivity index (χ1n) is 10.7. The molecule has 0 aliphatic carbocycles. The number of fused-ring (bicyclic) bond motifs is 1. The Morgan fingerprint density at radius 2 is 1.97 bits per heavy atom. The first-order chi connectivity index (χ1) is 15.1. The standard InChI is InChI=1S/C23H26N4O4/c1-15-6-8-24-10-21(15)31-18-4-2-16(3-5-18)17-11-27(12-17)23(29)26-9-7-20-19(13-26)25-22(28)14-30-20/h2-6,8,10,17,19-20H,7,9,11-14H2,1H3,(H,25,28)/t19?,20-/m0/s1. The van der Waals surface area contributed by atoms with Crippen LogP contribution >= 0.6 is 0 Å². The average Bonchev–Trinajstić information content (AvgIpc) is 2.75. The first-order valence-corrected chi connectivity index (χ1v) is 10.7. The van der Waals surface area contributed by atoms with E-state index >= 15 is 0 Å². The van der Waals surface area contributed by atoms with Gasteiger partial charge in [0.15, 0.2) is 0 Å². The van der Waals surface area contributed by atoms with Gasteiger partial charge in [0, 0.05) is 38.3 Å². The second-order valence-corrected chi connectivity index (χ2v) is 8.45. The highest BCUT2D eigenvalue weighted by Crippen LogP contribution is 2.31. The van der Waals surface area contributed by atoms with E-state index in [1.165, 1.54) is 5.56 Å². The fourth-order valence-electron chi connectivity index (χ4n) is 4.41. The second kappa shape index (κ2) is 8.19. The van der Waals surface area contributed by atoms with Crippen molar-refractivity contribution in [3.8, 4) is 11.5 Å². The fourth-order valence-corrected chi connectivity index (χ4v) is 4.41. The highest BCUT2D eigenvalue weighted by molar-refractivity contribution is 5.79. The van der Waals surface area contributed by atoms with Gasteiger partial charge in [-0.05, 0) is 42.7 Å². The molecule has 1 aromatic carbocycles. The lowest BCUT2D eigenvalue weighted by Gasteiger charge is -2.46. The van der Waals surface area contributed by atoms with E-state index in [-0.39, 0.29) is 30.7 Å². The predicted octanol–water partition coefficient (Wildman–Crippen LogP) is 2.29. The van der Waals surface area contributed by atoms with Crippen molar-refractivity contribution in [1.82, 2.24) is 20.1 Å². The number of hydrogen-bond acceptors (Lipinski definition) is 5. The van der Waals surface area contributed by atoms with Crippen LogP contribution < -0.4 is 10.1 Å². The molecule has 0 saturated carbocycles. The quantitative estimate of drug-likeness (QED) is 0.821. The summed E-state index contributed by atoms with van der Waals surface area (Å²) in [6, 6.07) is 9.91. The Bertz CT molecular complexity index is 974. The molecule has 162 valence electrons. The third-order valence-electron chi connectivity index (χ3n) is 6.32. The largest absolute Gasteiger partial charge is 0.455 e. The fraction of sp³-hybridized carbons (Fsp3) is 0.435. The summed E-state index contributed by atoms with van der Waals surface area (Å²) in [4.78, 5) is 32.3. The van der Waals surface area contributed by atoms with Gasteiger partial charge in [-0.3, -0.25) is 9.78 Å². The summed E-state index contributed by atoms with van der Waals surface area (Å²) in [6.45, 7) is 4.69. The maximum atomic E-state index is 12.9. The van der Waals surface area contributed by atoms with Crippen molar-refractivity contribution in [2.24, 2.45) is 0 Å². The number of aryl methyl sites for hydroxylation is 1. The molecular weight excluding hydrogens is 396 g/mol. The lowest BCUT2D eigenvalue weighted by atomic mass is 9.91. The smallest absolute Gasteiger partial charge is 0.320 e. The van der Waals surface area contributed by atoms with Crippen LogP contribution in [0, 0.1) is 6.92 Å². The molecule has 3 aliphatic heterocycles. The maximum Gasteiger partial charge on any atom is 0.320 e. The summed E-state index contributed by atoms with van der Waals surface area (Å²) in [5.41, 5.74) is 2.24. The number of nitrogens with one attached hydrogen (secondary N) is 1. The third kappa shape index (κ3) is 4.07. The van der Waals surface area contributed by atoms with Crippen LogP contribution in [-0.4, -0.2) is 71.7 Å². The minimum atomic E-state index is -0.106. The molecule has 0 radical (unpaired) electrons. The van der Waals surface area contributed by atoms with Crippen LogP contribution in [0.5, 0.6) is 11.5 Å². The van der Waals surface area contributed by atoms with Gasteiger partial charge in [0.05, 0.1) is 18.3 Å². The minimum Gasteiger partial charge on any atom is -0.455 e. The van der Waals surface area contributed by atoms with Crippen LogP contribution in [-0.2, 0) is 9.53 Å². The Kier molecular flexibility index (Phi) is 5.23. The highest BCUT2D eigenvalue weighted by Gasteiger charge is 2.40. The molecule has 2 atom stereocenters. The van der Waals surface area contributed by atoms with Crippen LogP contribution in [0.15, 0.2) is 42.7 Å². The molecule has 3 aliphatic rings. The van der Waals surface area contributed by atoms with E-state index in [0.717, 1.165) is 23.5 Å². The molecule has 2 aromatic rings. The van der Waals surface area contributed by atoms with Gasteiger partial charge in [-0.2, -0.15) is 0 Å². The Morgan fingerprint density at radius 3 is 2.74 bits per heavy atom. The lowest BCUT2D eigenvalue weighted by molar-refractivity contribution is -0.139. The molecule has 3 amide bonds. The number of aromatic nitrogens is 1. The van der Waals surface area contributed by atoms with Gasteiger partial charge in [0.1, 0.15) is 18.1 Å². The summed E-state index contributed by atoms with van der Waals surface area (Å²) in [5, 5.41) is 2.95. The Labute approximate surface area is 181 Å². The zero-order valence-electron chi connectivity index (χ0n) is 17.5. The van der Waals surface area contributed by atoms with Crippen molar-refractivity contribution in [1.29, 1.82) is 0 Å². The zero-order valence-corrected chi connectivity index (χ0v) is 17.5. The molecular formula is C23H26N4O4. The van der Waals surface area contributed by atoms with Crippen LogP contribution in [0.1, 0.15) is 23.5 Å². The Balaban J connectivity index is 1.14. The maximum absolute atomic E-state index is 12.9. The minimum absolute atomic E-state index is 0.0158. The van der Waals surface area contributed by atoms with Crippen molar-refractivity contribution in [3.63, 3.8) is 0 Å². The molecule has 5 rings (SSSR count). The molecule has 8 heteroatoms. The normalized spacial score (nSPS) is 23.6. The van der Waals surface area contributed by atoms with E-state index in [4.69, 9.17) is 9.47 Å². The average molecular weight is 422 g/mol. The molecule has 1 N–H and O–H groups in total. The third-order valence-corrected chi connectivity index (χ3v) is 6.32. The Hall–Kier alpha value is -3.13. The summed E-state index contributed by atoms with van der Waals surface area (Å²) in [7, 11) is 0. The van der Waals surface area contributed by atoms with Crippen molar-refractivity contribution in [2.75, 3.05) is 32.8 Å². The van der Waals surface area contributed by atoms with Crippen LogP contribution in [0.3, 0.4) is 0 Å². The number of ether oxygens (including phenoxy) is 2. The number of hydrogen-bond donors (Lipinski definition) is 1. The molecule has 8 nitrogen and oxygen atoms in total. The molecule has 0 bridgehead atoms. The number of pyridine rings is 1. The number of rotatable bonds is 3. The number of benzene rings is 1. The molecule has 1 aromatic heterocycles. The van der Waals surface area contributed by atoms with Crippen molar-refractivity contribution >= 4 is 11.9 Å². The summed E-state index contributed by atoms with van der Waals surface area (Å²) < 4.78 is 11.5. The lowest BCUT2D eigenvalue weighted by Crippen LogP contribution is -2.63. The van der Waals surface area contributed by atoms with Gasteiger partial charge in [-0.1, -0.05) is 12.1 Å². The topological polar surface area (TPSA) is 84.0 Å². The van der Waals surface area contributed by atoms with Crippen LogP contribution in [0.2, 0.25) is 0 Å². The predicted molar refractivity (Wildman–Crippen MR) is 113 cm³/mol. The van der Waals surface area contributed by atoms with Gasteiger partial charge in [0.25, 0.3) is 0 Å². The number of piperidine rings is 1. The van der Waals surface area contributed by atoms with E-state index in [1.807, 2.05) is 34.9 Å². The Morgan fingerprint density at radius 1 is 1.16 bits per heavy atom. The number of nitrogens with zero attached hydrogens (tertiary/aromatic N) is 3. The highest BCUT2D eigenvalue weighted by atomic mass is 16.5. The summed E-state index contributed by atoms with van der Waals surface area (Å²) >= 11 is 0. The van der Waals surface area contributed by atoms with Gasteiger partial charge < -0.3 is 24.6 Å². The number of carbonyl (C=O) groups is 2. The first kappa shape index (κ1) is 19.8. The number of urea groups is 1. The van der Waals surface area contributed by atoms with Gasteiger partial charge in [0.2, 0.25) is 5.91 Å². The SMILES string of the molecule is Cc1ccncc1Oc1ccc(C2CN(C(=O)N3CC[C@@H]4OCC(=O)NC4C3)C2)cc1. The van der Waals surface area contributed by atoms with Crippen molar-refractivity contribution < 1.29 is 19.1 Å². The monoisotopic (exact) mass is 422 g/mol. The number of carbonyl (C=O) groups excluding carboxylic acids is 2. The van der Waals surface area contributed by atoms with Crippen molar-refractivity contribution in [3.05, 3.63) is 53.9 Å². The van der Waals surface area contributed by atoms with E-state index in [1.54, 1.807) is 12.4 Å². The van der Waals surface area contributed by atoms with Gasteiger partial charge in [-0.25, -0.2) is 4.79 Å². The molecule has 1 unspecified atom stereocenters. The van der Waals surface area contributed by atoms with Gasteiger partial charge in [-0.15, -0.1) is 0 Å².